The summed E-state index contributed by atoms with van der Waals surface area (Å²) in [4.78, 5) is 18.7. The highest BCUT2D eigenvalue weighted by molar-refractivity contribution is 7.99. The lowest BCUT2D eigenvalue weighted by molar-refractivity contribution is -0.113. The zero-order chi connectivity index (χ0) is 28.8. The highest BCUT2D eigenvalue weighted by Gasteiger charge is 2.35. The van der Waals surface area contributed by atoms with E-state index in [9.17, 15) is 4.79 Å². The Hall–Kier alpha value is -3.95. The number of nitrogens with one attached hydrogen (secondary N) is 2. The summed E-state index contributed by atoms with van der Waals surface area (Å²) in [6.45, 7) is 6.71. The molecule has 0 radical (unpaired) electrons. The van der Waals surface area contributed by atoms with Gasteiger partial charge in [-0.15, -0.1) is 5.10 Å². The number of ether oxygens (including phenoxy) is 2. The van der Waals surface area contributed by atoms with Gasteiger partial charge >= 0.3 is 0 Å². The number of hydrogen-bond donors (Lipinski definition) is 2. The van der Waals surface area contributed by atoms with E-state index in [4.69, 9.17) is 31.2 Å². The largest absolute Gasteiger partial charge is 0.492 e. The first-order chi connectivity index (χ1) is 20.0. The van der Waals surface area contributed by atoms with Gasteiger partial charge in [-0.2, -0.15) is 4.98 Å². The van der Waals surface area contributed by atoms with Gasteiger partial charge in [0.25, 0.3) is 5.91 Å². The number of benzene rings is 3. The van der Waals surface area contributed by atoms with Crippen molar-refractivity contribution in [2.75, 3.05) is 23.0 Å². The molecule has 1 amide bonds. The van der Waals surface area contributed by atoms with Gasteiger partial charge in [0.05, 0.1) is 17.9 Å². The second-order valence-electron chi connectivity index (χ2n) is 9.41. The lowest BCUT2D eigenvalue weighted by atomic mass is 9.94. The number of para-hydroxylation sites is 2. The van der Waals surface area contributed by atoms with E-state index in [0.29, 0.717) is 57.8 Å². The first-order valence-corrected chi connectivity index (χ1v) is 14.9. The van der Waals surface area contributed by atoms with Crippen molar-refractivity contribution in [1.29, 1.82) is 0 Å². The third kappa shape index (κ3) is 6.52. The summed E-state index contributed by atoms with van der Waals surface area (Å²) in [5, 5.41) is 12.5. The molecule has 4 aromatic rings. The molecule has 3 aromatic carbocycles. The Kier molecular flexibility index (Phi) is 9.16. The van der Waals surface area contributed by atoms with Gasteiger partial charge in [-0.25, -0.2) is 4.68 Å². The minimum atomic E-state index is -0.544. The molecule has 212 valence electrons. The minimum absolute atomic E-state index is 0.265. The smallest absolute Gasteiger partial charge is 0.255 e. The number of carbonyl (C=O) groups excluding carboxylic acids is 1. The maximum Gasteiger partial charge on any atom is 0.255 e. The number of hydrogen-bond acceptors (Lipinski definition) is 7. The van der Waals surface area contributed by atoms with Crippen LogP contribution in [-0.2, 0) is 11.4 Å². The van der Waals surface area contributed by atoms with Crippen LogP contribution in [0.1, 0.15) is 44.4 Å². The molecule has 10 heteroatoms. The maximum atomic E-state index is 14.0. The Bertz CT molecular complexity index is 1570. The van der Waals surface area contributed by atoms with Gasteiger partial charge < -0.3 is 20.1 Å². The molecule has 1 atom stereocenters. The first-order valence-electron chi connectivity index (χ1n) is 13.5. The van der Waals surface area contributed by atoms with E-state index in [0.717, 1.165) is 23.3 Å². The molecule has 0 saturated carbocycles. The molecule has 41 heavy (non-hydrogen) atoms. The van der Waals surface area contributed by atoms with Crippen LogP contribution in [-0.4, -0.2) is 33.0 Å². The molecule has 2 heterocycles. The SMILES string of the molecule is CCCSc1nc2n(n1)C(c1cccc(OCc3ccccc3Cl)c1)C(C(=O)Nc1ccccc1OCC)=C(C)N2. The van der Waals surface area contributed by atoms with Gasteiger partial charge in [-0.3, -0.25) is 4.79 Å². The molecule has 1 aliphatic rings. The fraction of sp³-hybridized carbons (Fsp3) is 0.258. The zero-order valence-electron chi connectivity index (χ0n) is 23.2. The average molecular weight is 590 g/mol. The number of thioether (sulfide) groups is 1. The second-order valence-corrected chi connectivity index (χ2v) is 10.9. The van der Waals surface area contributed by atoms with Crippen LogP contribution in [0.3, 0.4) is 0 Å². The highest BCUT2D eigenvalue weighted by atomic mass is 35.5. The quantitative estimate of drug-likeness (QED) is 0.177. The Morgan fingerprint density at radius 2 is 1.88 bits per heavy atom. The third-order valence-electron chi connectivity index (χ3n) is 6.47. The van der Waals surface area contributed by atoms with Crippen LogP contribution >= 0.6 is 23.4 Å². The predicted octanol–water partition coefficient (Wildman–Crippen LogP) is 7.34. The summed E-state index contributed by atoms with van der Waals surface area (Å²) >= 11 is 7.93. The van der Waals surface area contributed by atoms with E-state index in [1.54, 1.807) is 16.4 Å². The van der Waals surface area contributed by atoms with Crippen molar-refractivity contribution in [2.24, 2.45) is 0 Å². The van der Waals surface area contributed by atoms with Crippen LogP contribution in [0.5, 0.6) is 11.5 Å². The summed E-state index contributed by atoms with van der Waals surface area (Å²) < 4.78 is 13.7. The first kappa shape index (κ1) is 28.6. The third-order valence-corrected chi connectivity index (χ3v) is 7.89. The lowest BCUT2D eigenvalue weighted by Gasteiger charge is -2.29. The number of halogens is 1. The molecule has 1 aliphatic heterocycles. The van der Waals surface area contributed by atoms with Crippen molar-refractivity contribution < 1.29 is 14.3 Å². The van der Waals surface area contributed by atoms with Crippen LogP contribution in [0, 0.1) is 0 Å². The predicted molar refractivity (Wildman–Crippen MR) is 164 cm³/mol. The second kappa shape index (κ2) is 13.1. The molecule has 8 nitrogen and oxygen atoms in total. The van der Waals surface area contributed by atoms with E-state index in [2.05, 4.69) is 17.6 Å². The molecule has 0 fully saturated rings. The van der Waals surface area contributed by atoms with Crippen molar-refractivity contribution in [3.63, 3.8) is 0 Å². The van der Waals surface area contributed by atoms with Crippen LogP contribution in [0.15, 0.2) is 89.2 Å². The number of aromatic nitrogens is 3. The number of allylic oxidation sites excluding steroid dienone is 1. The molecule has 1 aromatic heterocycles. The van der Waals surface area contributed by atoms with Crippen LogP contribution in [0.4, 0.5) is 11.6 Å². The van der Waals surface area contributed by atoms with E-state index in [1.165, 1.54) is 0 Å². The molecule has 1 unspecified atom stereocenters. The highest BCUT2D eigenvalue weighted by Crippen LogP contribution is 2.38. The van der Waals surface area contributed by atoms with Crippen molar-refractivity contribution in [1.82, 2.24) is 14.8 Å². The molecular weight excluding hydrogens is 558 g/mol. The number of fused-ring (bicyclic) bond motifs is 1. The fourth-order valence-corrected chi connectivity index (χ4v) is 5.45. The minimum Gasteiger partial charge on any atom is -0.492 e. The van der Waals surface area contributed by atoms with Gasteiger partial charge in [-0.05, 0) is 56.2 Å². The molecule has 0 saturated heterocycles. The van der Waals surface area contributed by atoms with Crippen molar-refractivity contribution >= 4 is 40.9 Å². The number of amides is 1. The molecule has 0 aliphatic carbocycles. The Balaban J connectivity index is 1.51. The summed E-state index contributed by atoms with van der Waals surface area (Å²) in [5.41, 5.74) is 3.53. The average Bonchev–Trinajstić information content (AvgIpc) is 3.38. The number of nitrogens with zero attached hydrogens (tertiary/aromatic N) is 3. The Labute approximate surface area is 249 Å². The van der Waals surface area contributed by atoms with Crippen LogP contribution < -0.4 is 20.1 Å². The molecule has 0 spiro atoms. The monoisotopic (exact) mass is 589 g/mol. The fourth-order valence-electron chi connectivity index (χ4n) is 4.58. The summed E-state index contributed by atoms with van der Waals surface area (Å²) in [7, 11) is 0. The van der Waals surface area contributed by atoms with Gasteiger partial charge in [0.15, 0.2) is 0 Å². The molecule has 0 bridgehead atoms. The van der Waals surface area contributed by atoms with Gasteiger partial charge in [-0.1, -0.05) is 72.8 Å². The van der Waals surface area contributed by atoms with E-state index >= 15 is 0 Å². The lowest BCUT2D eigenvalue weighted by Crippen LogP contribution is -2.31. The van der Waals surface area contributed by atoms with E-state index in [-0.39, 0.29) is 5.91 Å². The normalized spacial score (nSPS) is 14.3. The molecule has 2 N–H and O–H groups in total. The van der Waals surface area contributed by atoms with Crippen LogP contribution in [0.25, 0.3) is 0 Å². The maximum absolute atomic E-state index is 14.0. The molecular formula is C31H32ClN5O3S. The Morgan fingerprint density at radius 1 is 1.07 bits per heavy atom. The Morgan fingerprint density at radius 3 is 2.68 bits per heavy atom. The summed E-state index contributed by atoms with van der Waals surface area (Å²) in [6, 6.07) is 22.2. The van der Waals surface area contributed by atoms with E-state index < -0.39 is 6.04 Å². The van der Waals surface area contributed by atoms with Gasteiger partial charge in [0.2, 0.25) is 11.1 Å². The number of anilines is 2. The topological polar surface area (TPSA) is 90.3 Å². The number of carbonyl (C=O) groups is 1. The summed E-state index contributed by atoms with van der Waals surface area (Å²) in [5.74, 6) is 2.48. The van der Waals surface area contributed by atoms with Crippen molar-refractivity contribution in [3.8, 4) is 11.5 Å². The van der Waals surface area contributed by atoms with Gasteiger partial charge in [0.1, 0.15) is 24.1 Å². The zero-order valence-corrected chi connectivity index (χ0v) is 24.8. The standard InChI is InChI=1S/C31H32ClN5O3S/c1-4-17-41-31-35-30-33-20(3)27(29(38)34-25-15-8-9-16-26(25)39-5-2)28(37(30)36-31)21-12-10-13-23(18-21)40-19-22-11-6-7-14-24(22)32/h6-16,18,28H,4-5,17,19H2,1-3H3,(H,34,38)(H,33,35,36). The van der Waals surface area contributed by atoms with Crippen molar-refractivity contribution in [3.05, 3.63) is 100 Å². The van der Waals surface area contributed by atoms with Crippen molar-refractivity contribution in [2.45, 2.75) is 45.0 Å². The van der Waals surface area contributed by atoms with Gasteiger partial charge in [0, 0.05) is 22.0 Å². The molecule has 5 rings (SSSR count). The summed E-state index contributed by atoms with van der Waals surface area (Å²) in [6.07, 6.45) is 1.00. The number of rotatable bonds is 11. The van der Waals surface area contributed by atoms with Crippen LogP contribution in [0.2, 0.25) is 5.02 Å². The van der Waals surface area contributed by atoms with E-state index in [1.807, 2.05) is 86.6 Å².